The fourth-order valence-electron chi connectivity index (χ4n) is 5.07. The monoisotopic (exact) mass is 593 g/mol. The summed E-state index contributed by atoms with van der Waals surface area (Å²) < 4.78 is 21.6. The normalized spacial score (nSPS) is 14.6. The Kier molecular flexibility index (Phi) is 8.19. The number of ether oxygens (including phenoxy) is 1. The van der Waals surface area contributed by atoms with Gasteiger partial charge in [0.05, 0.1) is 29.5 Å². The number of fused-ring (bicyclic) bond motifs is 1. The number of methoxy groups -OCH3 is 1. The van der Waals surface area contributed by atoms with Crippen molar-refractivity contribution in [3.8, 4) is 22.7 Å². The largest absolute Gasteiger partial charge is 0.497 e. The summed E-state index contributed by atoms with van der Waals surface area (Å²) in [5.41, 5.74) is 4.43. The molecule has 0 saturated carbocycles. The average molecular weight is 594 g/mol. The van der Waals surface area contributed by atoms with Gasteiger partial charge >= 0.3 is 0 Å². The first-order valence-corrected chi connectivity index (χ1v) is 14.7. The Bertz CT molecular complexity index is 1750. The van der Waals surface area contributed by atoms with Gasteiger partial charge in [0.25, 0.3) is 0 Å². The molecule has 8 nitrogen and oxygen atoms in total. The van der Waals surface area contributed by atoms with E-state index >= 15 is 0 Å². The fourth-order valence-corrected chi connectivity index (χ4v) is 6.26. The Labute approximate surface area is 252 Å². The second-order valence-electron chi connectivity index (χ2n) is 9.93. The lowest BCUT2D eigenvalue weighted by Gasteiger charge is -2.23. The van der Waals surface area contributed by atoms with E-state index < -0.39 is 5.25 Å². The minimum absolute atomic E-state index is 0.0859. The third-order valence-corrected chi connectivity index (χ3v) is 8.37. The third-order valence-electron chi connectivity index (χ3n) is 7.12. The summed E-state index contributed by atoms with van der Waals surface area (Å²) in [6.07, 6.45) is 3.35. The highest BCUT2D eigenvalue weighted by atomic mass is 32.2. The molecule has 0 radical (unpaired) electrons. The van der Waals surface area contributed by atoms with Crippen molar-refractivity contribution in [2.75, 3.05) is 24.3 Å². The Hall–Kier alpha value is -4.96. The summed E-state index contributed by atoms with van der Waals surface area (Å²) in [5.74, 6) is 0.261. The van der Waals surface area contributed by atoms with Crippen LogP contribution in [0.5, 0.6) is 5.75 Å². The van der Waals surface area contributed by atoms with Crippen molar-refractivity contribution >= 4 is 29.4 Å². The van der Waals surface area contributed by atoms with Crippen molar-refractivity contribution in [1.82, 2.24) is 20.1 Å². The summed E-state index contributed by atoms with van der Waals surface area (Å²) in [6, 6.07) is 27.1. The molecule has 6 rings (SSSR count). The Morgan fingerprint density at radius 2 is 1.86 bits per heavy atom. The molecule has 0 unspecified atom stereocenters. The first-order chi connectivity index (χ1) is 21.0. The number of nitrogens with zero attached hydrogens (tertiary/aromatic N) is 4. The van der Waals surface area contributed by atoms with Gasteiger partial charge in [0.2, 0.25) is 11.8 Å². The number of anilines is 1. The highest BCUT2D eigenvalue weighted by Crippen LogP contribution is 2.48. The number of hydrogen-bond donors (Lipinski definition) is 1. The van der Waals surface area contributed by atoms with Gasteiger partial charge < -0.3 is 10.1 Å². The summed E-state index contributed by atoms with van der Waals surface area (Å²) in [6.45, 7) is 0.0494. The maximum Gasteiger partial charge on any atom is 0.240 e. The number of hydrogen-bond acceptors (Lipinski definition) is 6. The van der Waals surface area contributed by atoms with Crippen LogP contribution >= 0.6 is 11.8 Å². The van der Waals surface area contributed by atoms with Crippen molar-refractivity contribution in [3.63, 3.8) is 0 Å². The number of benzene rings is 3. The molecule has 0 aliphatic carbocycles. The molecular weight excluding hydrogens is 565 g/mol. The quantitative estimate of drug-likeness (QED) is 0.253. The van der Waals surface area contributed by atoms with E-state index in [1.54, 1.807) is 36.3 Å². The van der Waals surface area contributed by atoms with Gasteiger partial charge in [-0.1, -0.05) is 48.5 Å². The molecule has 216 valence electrons. The van der Waals surface area contributed by atoms with Gasteiger partial charge in [-0.05, 0) is 53.6 Å². The number of carbonyl (C=O) groups is 2. The van der Waals surface area contributed by atoms with Crippen LogP contribution in [0.4, 0.5) is 10.2 Å². The predicted molar refractivity (Wildman–Crippen MR) is 165 cm³/mol. The topological polar surface area (TPSA) is 89.3 Å². The number of rotatable bonds is 8. The lowest BCUT2D eigenvalue weighted by molar-refractivity contribution is -0.123. The maximum atomic E-state index is 14.5. The molecule has 3 aromatic carbocycles. The molecule has 3 heterocycles. The van der Waals surface area contributed by atoms with Gasteiger partial charge in [0.1, 0.15) is 23.9 Å². The number of nitrogens with one attached hydrogen (secondary N) is 1. The van der Waals surface area contributed by atoms with E-state index in [1.807, 2.05) is 66.7 Å². The second kappa shape index (κ2) is 12.5. The second-order valence-corrected chi connectivity index (χ2v) is 11.0. The summed E-state index contributed by atoms with van der Waals surface area (Å²) >= 11 is 1.39. The van der Waals surface area contributed by atoms with Crippen molar-refractivity contribution in [1.29, 1.82) is 0 Å². The van der Waals surface area contributed by atoms with Crippen molar-refractivity contribution in [2.24, 2.45) is 0 Å². The van der Waals surface area contributed by atoms with Crippen molar-refractivity contribution in [2.45, 2.75) is 11.8 Å². The van der Waals surface area contributed by atoms with E-state index in [0.717, 1.165) is 16.7 Å². The lowest BCUT2D eigenvalue weighted by Crippen LogP contribution is -2.42. The van der Waals surface area contributed by atoms with Crippen LogP contribution in [0.25, 0.3) is 16.9 Å². The zero-order valence-electron chi connectivity index (χ0n) is 23.3. The highest BCUT2D eigenvalue weighted by molar-refractivity contribution is 8.00. The molecule has 2 amide bonds. The zero-order chi connectivity index (χ0) is 29.8. The van der Waals surface area contributed by atoms with Crippen LogP contribution in [0.2, 0.25) is 0 Å². The van der Waals surface area contributed by atoms with Gasteiger partial charge in [-0.3, -0.25) is 19.5 Å². The fraction of sp³-hybridized carbons (Fsp3) is 0.152. The Morgan fingerprint density at radius 3 is 2.58 bits per heavy atom. The van der Waals surface area contributed by atoms with E-state index in [2.05, 4.69) is 10.3 Å². The molecule has 0 spiro atoms. The molecule has 10 heteroatoms. The van der Waals surface area contributed by atoms with Crippen molar-refractivity contribution in [3.05, 3.63) is 126 Å². The SMILES string of the molecule is COc1ccc(-n2nc(-c3ccccc3)c3c2N(CC(=O)NCc2cccnc2)C(=O)CS[C@H]3c2cccc(F)c2)cc1. The molecule has 1 aliphatic heterocycles. The van der Waals surface area contributed by atoms with Crippen LogP contribution in [0.1, 0.15) is 21.9 Å². The van der Waals surface area contributed by atoms with Crippen molar-refractivity contribution < 1.29 is 18.7 Å². The molecule has 1 aliphatic rings. The van der Waals surface area contributed by atoms with Crippen LogP contribution in [-0.2, 0) is 16.1 Å². The van der Waals surface area contributed by atoms with Crippen LogP contribution in [0, 0.1) is 5.82 Å². The maximum absolute atomic E-state index is 14.5. The number of amides is 2. The van der Waals surface area contributed by atoms with E-state index in [4.69, 9.17) is 9.84 Å². The predicted octanol–water partition coefficient (Wildman–Crippen LogP) is 5.57. The third kappa shape index (κ3) is 6.00. The minimum Gasteiger partial charge on any atom is -0.497 e. The molecule has 43 heavy (non-hydrogen) atoms. The van der Waals surface area contributed by atoms with Gasteiger partial charge in [-0.15, -0.1) is 11.8 Å². The number of pyridine rings is 1. The average Bonchev–Trinajstić information content (AvgIpc) is 3.37. The molecule has 1 atom stereocenters. The van der Waals surface area contributed by atoms with Crippen LogP contribution in [0.3, 0.4) is 0 Å². The van der Waals surface area contributed by atoms with Crippen LogP contribution in [0.15, 0.2) is 103 Å². The Morgan fingerprint density at radius 1 is 1.05 bits per heavy atom. The summed E-state index contributed by atoms with van der Waals surface area (Å²) in [7, 11) is 1.59. The number of halogens is 1. The first kappa shape index (κ1) is 28.2. The van der Waals surface area contributed by atoms with E-state index in [0.29, 0.717) is 28.5 Å². The van der Waals surface area contributed by atoms with Gasteiger partial charge in [-0.25, -0.2) is 9.07 Å². The standard InChI is InChI=1S/C33H28FN5O3S/c1-42-27-14-12-26(13-15-27)39-33-30(31(37-39)23-8-3-2-4-9-23)32(24-10-5-11-25(34)17-24)43-21-29(41)38(33)20-28(40)36-19-22-7-6-16-35-18-22/h2-18,32H,19-21H2,1H3,(H,36,40)/t32-/m0/s1. The lowest BCUT2D eigenvalue weighted by atomic mass is 9.99. The minimum atomic E-state index is -0.430. The van der Waals surface area contributed by atoms with Gasteiger partial charge in [0.15, 0.2) is 0 Å². The van der Waals surface area contributed by atoms with Crippen LogP contribution < -0.4 is 15.0 Å². The number of aromatic nitrogens is 3. The van der Waals surface area contributed by atoms with E-state index in [-0.39, 0.29) is 36.5 Å². The molecular formula is C33H28FN5O3S. The molecule has 5 aromatic rings. The van der Waals surface area contributed by atoms with Gasteiger partial charge in [-0.2, -0.15) is 5.10 Å². The molecule has 2 aromatic heterocycles. The number of carbonyl (C=O) groups excluding carboxylic acids is 2. The molecule has 0 fully saturated rings. The summed E-state index contributed by atoms with van der Waals surface area (Å²) in [5, 5.41) is 7.52. The smallest absolute Gasteiger partial charge is 0.240 e. The zero-order valence-corrected chi connectivity index (χ0v) is 24.1. The summed E-state index contributed by atoms with van der Waals surface area (Å²) in [4.78, 5) is 32.8. The van der Waals surface area contributed by atoms with Gasteiger partial charge in [0, 0.05) is 30.1 Å². The molecule has 0 bridgehead atoms. The first-order valence-electron chi connectivity index (χ1n) is 13.7. The van der Waals surface area contributed by atoms with Crippen LogP contribution in [-0.4, -0.2) is 46.0 Å². The highest BCUT2D eigenvalue weighted by Gasteiger charge is 2.37. The Balaban J connectivity index is 1.52. The molecule has 0 saturated heterocycles. The molecule has 1 N–H and O–H groups in total. The number of thioether (sulfide) groups is 1. The van der Waals surface area contributed by atoms with E-state index in [9.17, 15) is 14.0 Å². The van der Waals surface area contributed by atoms with E-state index in [1.165, 1.54) is 28.8 Å².